The van der Waals surface area contributed by atoms with E-state index in [0.29, 0.717) is 36.8 Å². The van der Waals surface area contributed by atoms with Crippen LogP contribution in [0.5, 0.6) is 0 Å². The number of carbonyl (C=O) groups is 1. The van der Waals surface area contributed by atoms with Crippen molar-refractivity contribution >= 4 is 5.97 Å². The molecule has 5 heteroatoms. The summed E-state index contributed by atoms with van der Waals surface area (Å²) >= 11 is 0. The van der Waals surface area contributed by atoms with E-state index < -0.39 is 0 Å². The van der Waals surface area contributed by atoms with Gasteiger partial charge in [-0.05, 0) is 164 Å². The van der Waals surface area contributed by atoms with Crippen LogP contribution in [0.1, 0.15) is 187 Å². The minimum Gasteiger partial charge on any atom is -0.463 e. The molecule has 0 aromatic rings. The Labute approximate surface area is 326 Å². The summed E-state index contributed by atoms with van der Waals surface area (Å²) in [5, 5.41) is 0. The van der Waals surface area contributed by atoms with Crippen molar-refractivity contribution in [3.8, 4) is 11.8 Å². The van der Waals surface area contributed by atoms with Gasteiger partial charge in [0.15, 0.2) is 0 Å². The molecule has 4 unspecified atom stereocenters. The van der Waals surface area contributed by atoms with Crippen molar-refractivity contribution in [3.05, 3.63) is 12.7 Å². The molecule has 5 aliphatic carbocycles. The molecule has 53 heavy (non-hydrogen) atoms. The van der Waals surface area contributed by atoms with Crippen LogP contribution in [-0.4, -0.2) is 50.7 Å². The van der Waals surface area contributed by atoms with E-state index in [4.69, 9.17) is 18.9 Å². The van der Waals surface area contributed by atoms with Crippen molar-refractivity contribution in [3.63, 3.8) is 0 Å². The van der Waals surface area contributed by atoms with E-state index in [2.05, 4.69) is 25.3 Å². The van der Waals surface area contributed by atoms with Gasteiger partial charge in [-0.15, -0.1) is 0 Å². The summed E-state index contributed by atoms with van der Waals surface area (Å²) < 4.78 is 24.0. The molecule has 0 N–H and O–H groups in total. The largest absolute Gasteiger partial charge is 0.463 e. The lowest BCUT2D eigenvalue weighted by Gasteiger charge is -2.41. The summed E-state index contributed by atoms with van der Waals surface area (Å²) in [5.41, 5.74) is 0. The van der Waals surface area contributed by atoms with Gasteiger partial charge in [-0.3, -0.25) is 0 Å². The fourth-order valence-corrected chi connectivity index (χ4v) is 10.9. The van der Waals surface area contributed by atoms with Gasteiger partial charge < -0.3 is 18.9 Å². The van der Waals surface area contributed by atoms with Crippen molar-refractivity contribution in [2.24, 2.45) is 41.4 Å². The number of hydrogen-bond acceptors (Lipinski definition) is 5. The summed E-state index contributed by atoms with van der Waals surface area (Å²) in [4.78, 5) is 11.1. The molecule has 0 aromatic carbocycles. The molecular weight excluding hydrogens is 657 g/mol. The van der Waals surface area contributed by atoms with Gasteiger partial charge in [-0.2, -0.15) is 0 Å². The van der Waals surface area contributed by atoms with Crippen LogP contribution in [0, 0.1) is 53.3 Å². The Morgan fingerprint density at radius 2 is 0.981 bits per heavy atom. The van der Waals surface area contributed by atoms with Gasteiger partial charge in [0.05, 0.1) is 24.9 Å². The quantitative estimate of drug-likeness (QED) is 0.0508. The Morgan fingerprint density at radius 1 is 0.528 bits per heavy atom. The number of fused-ring (bicyclic) bond motifs is 1. The monoisotopic (exact) mass is 737 g/mol. The summed E-state index contributed by atoms with van der Waals surface area (Å²) in [7, 11) is 0. The molecule has 0 spiro atoms. The van der Waals surface area contributed by atoms with Crippen LogP contribution >= 0.6 is 0 Å². The zero-order valence-corrected chi connectivity index (χ0v) is 34.2. The highest BCUT2D eigenvalue weighted by atomic mass is 16.5. The first-order chi connectivity index (χ1) is 26.1. The van der Waals surface area contributed by atoms with E-state index in [-0.39, 0.29) is 5.97 Å². The highest BCUT2D eigenvalue weighted by Crippen LogP contribution is 2.44. The standard InChI is InChI=1S/C48H80O5/c1-3-13-38-16-21-41(22-17-38)42-24-29-46(30-25-42)51-33-10-6-5-9-32-50-45-27-19-39(20-28-45)14-15-40-18-23-44-37-47(31-26-43(44)36-40)52-34-11-7-8-12-35-53-48(49)4-2/h4,38-47H,2-3,5-13,16-37H2,1H3. The zero-order valence-electron chi connectivity index (χ0n) is 34.2. The van der Waals surface area contributed by atoms with Gasteiger partial charge in [-0.25, -0.2) is 4.79 Å². The molecule has 4 atom stereocenters. The van der Waals surface area contributed by atoms with E-state index in [0.717, 1.165) is 75.1 Å². The van der Waals surface area contributed by atoms with Gasteiger partial charge in [0.2, 0.25) is 0 Å². The number of rotatable bonds is 21. The molecule has 0 saturated heterocycles. The van der Waals surface area contributed by atoms with Crippen LogP contribution in [0.25, 0.3) is 0 Å². The third-order valence-corrected chi connectivity index (χ3v) is 14.3. The highest BCUT2D eigenvalue weighted by Gasteiger charge is 2.36. The topological polar surface area (TPSA) is 54.0 Å². The summed E-state index contributed by atoms with van der Waals surface area (Å²) in [6, 6.07) is 0. The number of esters is 1. The van der Waals surface area contributed by atoms with Crippen molar-refractivity contribution in [2.75, 3.05) is 26.4 Å². The summed E-state index contributed by atoms with van der Waals surface area (Å²) in [6.07, 6.45) is 38.7. The lowest BCUT2D eigenvalue weighted by Crippen LogP contribution is -2.34. The van der Waals surface area contributed by atoms with Gasteiger partial charge in [0.25, 0.3) is 0 Å². The Hall–Kier alpha value is -1.35. The molecule has 5 fully saturated rings. The molecule has 5 nitrogen and oxygen atoms in total. The molecule has 0 bridgehead atoms. The van der Waals surface area contributed by atoms with Crippen LogP contribution in [0.15, 0.2) is 12.7 Å². The second-order valence-electron chi connectivity index (χ2n) is 18.1. The van der Waals surface area contributed by atoms with Gasteiger partial charge in [0, 0.05) is 37.7 Å². The molecule has 0 radical (unpaired) electrons. The van der Waals surface area contributed by atoms with E-state index >= 15 is 0 Å². The van der Waals surface area contributed by atoms with E-state index in [1.165, 1.54) is 160 Å². The van der Waals surface area contributed by atoms with Crippen LogP contribution in [-0.2, 0) is 23.7 Å². The molecule has 5 rings (SSSR count). The Balaban J connectivity index is 0.808. The maximum atomic E-state index is 11.1. The lowest BCUT2D eigenvalue weighted by molar-refractivity contribution is -0.137. The number of hydrogen-bond donors (Lipinski definition) is 0. The maximum absolute atomic E-state index is 11.1. The smallest absolute Gasteiger partial charge is 0.330 e. The minimum atomic E-state index is -0.322. The minimum absolute atomic E-state index is 0.322. The SMILES string of the molecule is C=CC(=O)OCCCCCCOC1CCC2CC(C#CC3CCC(OCCCCCCOC4CCC(C5CCC(CCC)CC5)CC4)CC3)CCC2C1. The van der Waals surface area contributed by atoms with Crippen molar-refractivity contribution in [2.45, 2.75) is 205 Å². The van der Waals surface area contributed by atoms with E-state index in [9.17, 15) is 4.79 Å². The maximum Gasteiger partial charge on any atom is 0.330 e. The first-order valence-corrected chi connectivity index (χ1v) is 23.2. The second-order valence-corrected chi connectivity index (χ2v) is 18.1. The normalized spacial score (nSPS) is 33.3. The molecule has 302 valence electrons. The third kappa shape index (κ3) is 16.0. The fourth-order valence-electron chi connectivity index (χ4n) is 10.9. The van der Waals surface area contributed by atoms with Crippen molar-refractivity contribution in [1.29, 1.82) is 0 Å². The predicted molar refractivity (Wildman–Crippen MR) is 218 cm³/mol. The average molecular weight is 737 g/mol. The van der Waals surface area contributed by atoms with Gasteiger partial charge in [0.1, 0.15) is 0 Å². The summed E-state index contributed by atoms with van der Waals surface area (Å²) in [5.74, 6) is 13.1. The van der Waals surface area contributed by atoms with E-state index in [1.54, 1.807) is 0 Å². The highest BCUT2D eigenvalue weighted by molar-refractivity contribution is 5.81. The zero-order chi connectivity index (χ0) is 36.9. The number of unbranched alkanes of at least 4 members (excludes halogenated alkanes) is 6. The fraction of sp³-hybridized carbons (Fsp3) is 0.896. The summed E-state index contributed by atoms with van der Waals surface area (Å²) in [6.45, 7) is 9.03. The van der Waals surface area contributed by atoms with Crippen molar-refractivity contribution < 1.29 is 23.7 Å². The molecule has 0 aliphatic heterocycles. The number of ether oxygens (including phenoxy) is 4. The first-order valence-electron chi connectivity index (χ1n) is 23.2. The van der Waals surface area contributed by atoms with E-state index in [1.807, 2.05) is 0 Å². The Morgan fingerprint density at radius 3 is 1.58 bits per heavy atom. The molecular formula is C48H80O5. The Kier molecular flexibility index (Phi) is 20.2. The Bertz CT molecular complexity index is 1050. The molecule has 0 aromatic heterocycles. The predicted octanol–water partition coefficient (Wildman–Crippen LogP) is 12.2. The molecule has 5 saturated carbocycles. The van der Waals surface area contributed by atoms with Gasteiger partial charge >= 0.3 is 5.97 Å². The van der Waals surface area contributed by atoms with Crippen LogP contribution in [0.3, 0.4) is 0 Å². The lowest BCUT2D eigenvalue weighted by atomic mass is 9.67. The molecule has 0 amide bonds. The van der Waals surface area contributed by atoms with Crippen LogP contribution in [0.2, 0.25) is 0 Å². The van der Waals surface area contributed by atoms with Crippen molar-refractivity contribution in [1.82, 2.24) is 0 Å². The van der Waals surface area contributed by atoms with Gasteiger partial charge in [-0.1, -0.05) is 70.3 Å². The van der Waals surface area contributed by atoms with Crippen LogP contribution < -0.4 is 0 Å². The first kappa shape index (κ1) is 42.8. The average Bonchev–Trinajstić information content (AvgIpc) is 3.20. The molecule has 0 heterocycles. The second kappa shape index (κ2) is 25.0. The number of carbonyl (C=O) groups excluding carboxylic acids is 1. The third-order valence-electron chi connectivity index (χ3n) is 14.3. The molecule has 5 aliphatic rings. The van der Waals surface area contributed by atoms with Crippen LogP contribution in [0.4, 0.5) is 0 Å².